The first kappa shape index (κ1) is 13.9. The van der Waals surface area contributed by atoms with Gasteiger partial charge in [-0.15, -0.1) is 0 Å². The summed E-state index contributed by atoms with van der Waals surface area (Å²) in [5.74, 6) is 5.51. The third-order valence-corrected chi connectivity index (χ3v) is 3.15. The Kier molecular flexibility index (Phi) is 7.76. The van der Waals surface area contributed by atoms with Crippen LogP contribution in [0.5, 0.6) is 0 Å². The van der Waals surface area contributed by atoms with Gasteiger partial charge in [0.25, 0.3) is 0 Å². The van der Waals surface area contributed by atoms with Crippen LogP contribution in [0.1, 0.15) is 45.4 Å². The summed E-state index contributed by atoms with van der Waals surface area (Å²) in [6.45, 7) is 4.55. The lowest BCUT2D eigenvalue weighted by Gasteiger charge is -2.16. The molecule has 0 bridgehead atoms. The Morgan fingerprint density at radius 2 is 2.38 bits per heavy atom. The number of rotatable bonds is 9. The fraction of sp³-hybridized carbons (Fsp3) is 1.00. The van der Waals surface area contributed by atoms with Crippen LogP contribution < -0.4 is 11.3 Å². The molecule has 1 aliphatic rings. The third-order valence-electron chi connectivity index (χ3n) is 3.15. The second kappa shape index (κ2) is 8.93. The van der Waals surface area contributed by atoms with Crippen molar-refractivity contribution in [1.29, 1.82) is 0 Å². The van der Waals surface area contributed by atoms with Crippen LogP contribution in [0.2, 0.25) is 0 Å². The monoisotopic (exact) mass is 230 g/mol. The van der Waals surface area contributed by atoms with Crippen molar-refractivity contribution in [3.8, 4) is 0 Å². The smallest absolute Gasteiger partial charge is 0.0576 e. The van der Waals surface area contributed by atoms with Crippen molar-refractivity contribution in [2.45, 2.75) is 57.6 Å². The highest BCUT2D eigenvalue weighted by Crippen LogP contribution is 2.18. The molecule has 0 spiro atoms. The van der Waals surface area contributed by atoms with E-state index >= 15 is 0 Å². The fourth-order valence-electron chi connectivity index (χ4n) is 2.14. The van der Waals surface area contributed by atoms with E-state index in [1.54, 1.807) is 0 Å². The zero-order chi connectivity index (χ0) is 11.6. The number of ether oxygens (including phenoxy) is 2. The number of nitrogens with one attached hydrogen (secondary N) is 1. The van der Waals surface area contributed by atoms with Crippen molar-refractivity contribution in [1.82, 2.24) is 5.43 Å². The first-order chi connectivity index (χ1) is 7.86. The summed E-state index contributed by atoms with van der Waals surface area (Å²) in [7, 11) is 0. The first-order valence-electron chi connectivity index (χ1n) is 6.52. The molecule has 0 radical (unpaired) electrons. The molecule has 0 amide bonds. The molecule has 1 fully saturated rings. The van der Waals surface area contributed by atoms with Gasteiger partial charge in [0.05, 0.1) is 6.10 Å². The van der Waals surface area contributed by atoms with E-state index in [0.29, 0.717) is 12.1 Å². The fourth-order valence-corrected chi connectivity index (χ4v) is 2.14. The average Bonchev–Trinajstić information content (AvgIpc) is 2.80. The summed E-state index contributed by atoms with van der Waals surface area (Å²) >= 11 is 0. The Hall–Kier alpha value is -0.160. The molecule has 0 saturated carbocycles. The van der Waals surface area contributed by atoms with E-state index < -0.39 is 0 Å². The molecule has 96 valence electrons. The highest BCUT2D eigenvalue weighted by atomic mass is 16.5. The standard InChI is InChI=1S/C12H26N2O2/c1-2-15-10-8-11(14-13)5-3-6-12-7-4-9-16-12/h11-12,14H,2-10,13H2,1H3. The van der Waals surface area contributed by atoms with Gasteiger partial charge in [0.1, 0.15) is 0 Å². The zero-order valence-electron chi connectivity index (χ0n) is 10.4. The van der Waals surface area contributed by atoms with E-state index in [0.717, 1.165) is 32.7 Å². The van der Waals surface area contributed by atoms with Gasteiger partial charge in [-0.3, -0.25) is 11.3 Å². The topological polar surface area (TPSA) is 56.5 Å². The summed E-state index contributed by atoms with van der Waals surface area (Å²) in [4.78, 5) is 0. The van der Waals surface area contributed by atoms with Crippen molar-refractivity contribution in [3.63, 3.8) is 0 Å². The highest BCUT2D eigenvalue weighted by molar-refractivity contribution is 4.68. The Balaban J connectivity index is 1.99. The van der Waals surface area contributed by atoms with Crippen LogP contribution in [-0.2, 0) is 9.47 Å². The molecular formula is C12H26N2O2. The average molecular weight is 230 g/mol. The summed E-state index contributed by atoms with van der Waals surface area (Å²) in [6, 6.07) is 0.382. The number of hydrogen-bond acceptors (Lipinski definition) is 4. The maximum Gasteiger partial charge on any atom is 0.0576 e. The molecule has 4 nitrogen and oxygen atoms in total. The van der Waals surface area contributed by atoms with Crippen LogP contribution in [-0.4, -0.2) is 32.0 Å². The minimum atomic E-state index is 0.382. The lowest BCUT2D eigenvalue weighted by atomic mass is 10.0. The number of hydrogen-bond donors (Lipinski definition) is 2. The van der Waals surface area contributed by atoms with Gasteiger partial charge in [-0.2, -0.15) is 0 Å². The summed E-state index contributed by atoms with van der Waals surface area (Å²) in [6.07, 6.45) is 7.44. The van der Waals surface area contributed by atoms with Crippen LogP contribution in [0.4, 0.5) is 0 Å². The van der Waals surface area contributed by atoms with E-state index in [1.807, 2.05) is 6.92 Å². The normalized spacial score (nSPS) is 22.5. The van der Waals surface area contributed by atoms with Crippen molar-refractivity contribution >= 4 is 0 Å². The maximum absolute atomic E-state index is 5.59. The predicted molar refractivity (Wildman–Crippen MR) is 65.0 cm³/mol. The van der Waals surface area contributed by atoms with E-state index in [-0.39, 0.29) is 0 Å². The summed E-state index contributed by atoms with van der Waals surface area (Å²) in [5, 5.41) is 0. The molecule has 2 unspecified atom stereocenters. The molecule has 0 aromatic rings. The van der Waals surface area contributed by atoms with E-state index in [4.69, 9.17) is 15.3 Å². The lowest BCUT2D eigenvalue weighted by Crippen LogP contribution is -2.36. The van der Waals surface area contributed by atoms with Gasteiger partial charge in [-0.05, 0) is 45.4 Å². The van der Waals surface area contributed by atoms with Gasteiger partial charge < -0.3 is 9.47 Å². The molecule has 3 N–H and O–H groups in total. The molecule has 1 rings (SSSR count). The first-order valence-corrected chi connectivity index (χ1v) is 6.52. The van der Waals surface area contributed by atoms with Gasteiger partial charge in [0.15, 0.2) is 0 Å². The van der Waals surface area contributed by atoms with E-state index in [1.165, 1.54) is 25.7 Å². The summed E-state index contributed by atoms with van der Waals surface area (Å²) in [5.41, 5.74) is 2.87. The molecule has 0 aromatic carbocycles. The quantitative estimate of drug-likeness (QED) is 0.359. The zero-order valence-corrected chi connectivity index (χ0v) is 10.4. The highest BCUT2D eigenvalue weighted by Gasteiger charge is 2.15. The largest absolute Gasteiger partial charge is 0.382 e. The number of nitrogens with two attached hydrogens (primary N) is 1. The van der Waals surface area contributed by atoms with Crippen LogP contribution in [0, 0.1) is 0 Å². The van der Waals surface area contributed by atoms with Crippen molar-refractivity contribution in [2.24, 2.45) is 5.84 Å². The van der Waals surface area contributed by atoms with Crippen LogP contribution >= 0.6 is 0 Å². The lowest BCUT2D eigenvalue weighted by molar-refractivity contribution is 0.0997. The van der Waals surface area contributed by atoms with Gasteiger partial charge in [-0.25, -0.2) is 0 Å². The summed E-state index contributed by atoms with van der Waals surface area (Å²) < 4.78 is 10.9. The second-order valence-electron chi connectivity index (χ2n) is 4.42. The molecular weight excluding hydrogens is 204 g/mol. The molecule has 0 aromatic heterocycles. The van der Waals surface area contributed by atoms with Crippen molar-refractivity contribution in [2.75, 3.05) is 19.8 Å². The maximum atomic E-state index is 5.59. The third kappa shape index (κ3) is 5.80. The SMILES string of the molecule is CCOCCC(CCCC1CCCO1)NN. The van der Waals surface area contributed by atoms with E-state index in [9.17, 15) is 0 Å². The molecule has 1 aliphatic heterocycles. The van der Waals surface area contributed by atoms with Gasteiger partial charge >= 0.3 is 0 Å². The van der Waals surface area contributed by atoms with Gasteiger partial charge in [0.2, 0.25) is 0 Å². The van der Waals surface area contributed by atoms with Crippen LogP contribution in [0.15, 0.2) is 0 Å². The predicted octanol–water partition coefficient (Wildman–Crippen LogP) is 1.59. The molecule has 16 heavy (non-hydrogen) atoms. The molecule has 4 heteroatoms. The van der Waals surface area contributed by atoms with Crippen LogP contribution in [0.25, 0.3) is 0 Å². The number of hydrazine groups is 1. The minimum Gasteiger partial charge on any atom is -0.382 e. The Labute approximate surface area is 98.8 Å². The van der Waals surface area contributed by atoms with Crippen molar-refractivity contribution < 1.29 is 9.47 Å². The van der Waals surface area contributed by atoms with Crippen LogP contribution in [0.3, 0.4) is 0 Å². The van der Waals surface area contributed by atoms with E-state index in [2.05, 4.69) is 5.43 Å². The molecule has 1 saturated heterocycles. The molecule has 0 aliphatic carbocycles. The minimum absolute atomic E-state index is 0.382. The Morgan fingerprint density at radius 3 is 3.00 bits per heavy atom. The van der Waals surface area contributed by atoms with Crippen molar-refractivity contribution in [3.05, 3.63) is 0 Å². The van der Waals surface area contributed by atoms with Gasteiger partial charge in [-0.1, -0.05) is 0 Å². The molecule has 1 heterocycles. The second-order valence-corrected chi connectivity index (χ2v) is 4.42. The Bertz CT molecular complexity index is 161. The Morgan fingerprint density at radius 1 is 1.50 bits per heavy atom. The molecule has 2 atom stereocenters. The van der Waals surface area contributed by atoms with Gasteiger partial charge in [0, 0.05) is 25.9 Å².